The Labute approximate surface area is 126 Å². The fourth-order valence-corrected chi connectivity index (χ4v) is 3.28. The molecular weight excluding hydrogens is 290 g/mol. The van der Waals surface area contributed by atoms with Crippen LogP contribution in [0.3, 0.4) is 0 Å². The Kier molecular flexibility index (Phi) is 3.78. The molecule has 0 unspecified atom stereocenters. The molecule has 0 saturated carbocycles. The highest BCUT2D eigenvalue weighted by molar-refractivity contribution is 8.00. The summed E-state index contributed by atoms with van der Waals surface area (Å²) in [6.45, 7) is 0.669. The molecule has 1 amide bonds. The van der Waals surface area contributed by atoms with E-state index in [1.54, 1.807) is 23.7 Å². The number of nitrogens with zero attached hydrogens (tertiary/aromatic N) is 5. The molecule has 1 aromatic carbocycles. The predicted octanol–water partition coefficient (Wildman–Crippen LogP) is 1.12. The van der Waals surface area contributed by atoms with Gasteiger partial charge in [-0.1, -0.05) is 23.9 Å². The third-order valence-corrected chi connectivity index (χ3v) is 4.64. The summed E-state index contributed by atoms with van der Waals surface area (Å²) in [4.78, 5) is 14.3. The number of carbonyl (C=O) groups excluding carboxylic acids is 1. The Morgan fingerprint density at radius 2 is 2.19 bits per heavy atom. The Balaban J connectivity index is 1.79. The molecule has 1 atom stereocenters. The van der Waals surface area contributed by atoms with Crippen LogP contribution in [0, 0.1) is 0 Å². The molecule has 0 aliphatic carbocycles. The second-order valence-corrected chi connectivity index (χ2v) is 5.81. The zero-order chi connectivity index (χ0) is 14.8. The van der Waals surface area contributed by atoms with Gasteiger partial charge in [0.2, 0.25) is 11.1 Å². The van der Waals surface area contributed by atoms with E-state index < -0.39 is 0 Å². The number of aryl methyl sites for hydroxylation is 1. The van der Waals surface area contributed by atoms with Crippen LogP contribution in [-0.2, 0) is 11.8 Å². The van der Waals surface area contributed by atoms with Crippen LogP contribution in [0.25, 0.3) is 0 Å². The number of amides is 1. The van der Waals surface area contributed by atoms with Crippen molar-refractivity contribution in [1.29, 1.82) is 0 Å². The van der Waals surface area contributed by atoms with E-state index in [2.05, 4.69) is 15.5 Å². The van der Waals surface area contributed by atoms with Gasteiger partial charge in [-0.05, 0) is 29.0 Å². The van der Waals surface area contributed by atoms with E-state index in [0.717, 1.165) is 12.1 Å². The van der Waals surface area contributed by atoms with Crippen LogP contribution >= 0.6 is 11.8 Å². The van der Waals surface area contributed by atoms with E-state index in [9.17, 15) is 4.79 Å². The first-order valence-corrected chi connectivity index (χ1v) is 7.42. The van der Waals surface area contributed by atoms with Gasteiger partial charge < -0.3 is 9.64 Å². The molecule has 7 nitrogen and oxygen atoms in total. The minimum atomic E-state index is -0.167. The SMILES string of the molecule is COc1ccccc1N1CC[C@H](Sc2nnnn2C)C1=O. The molecule has 1 aliphatic rings. The van der Waals surface area contributed by atoms with Crippen molar-refractivity contribution >= 4 is 23.4 Å². The fourth-order valence-electron chi connectivity index (χ4n) is 2.30. The van der Waals surface area contributed by atoms with Crippen LogP contribution < -0.4 is 9.64 Å². The average molecular weight is 305 g/mol. The van der Waals surface area contributed by atoms with Crippen LogP contribution in [0.4, 0.5) is 5.69 Å². The maximum atomic E-state index is 12.6. The second-order valence-electron chi connectivity index (χ2n) is 4.64. The van der Waals surface area contributed by atoms with E-state index in [1.165, 1.54) is 11.8 Å². The molecule has 21 heavy (non-hydrogen) atoms. The molecule has 3 rings (SSSR count). The highest BCUT2D eigenvalue weighted by atomic mass is 32.2. The van der Waals surface area contributed by atoms with Crippen LogP contribution in [0.15, 0.2) is 29.4 Å². The highest BCUT2D eigenvalue weighted by Crippen LogP contribution is 2.35. The van der Waals surface area contributed by atoms with Crippen molar-refractivity contribution in [2.45, 2.75) is 16.8 Å². The van der Waals surface area contributed by atoms with Gasteiger partial charge in [-0.25, -0.2) is 4.68 Å². The van der Waals surface area contributed by atoms with Gasteiger partial charge in [-0.3, -0.25) is 4.79 Å². The molecule has 110 valence electrons. The van der Waals surface area contributed by atoms with Gasteiger partial charge in [0.25, 0.3) is 0 Å². The molecule has 0 N–H and O–H groups in total. The van der Waals surface area contributed by atoms with E-state index in [-0.39, 0.29) is 11.2 Å². The number of ether oxygens (including phenoxy) is 1. The molecule has 1 aliphatic heterocycles. The lowest BCUT2D eigenvalue weighted by Crippen LogP contribution is -2.28. The standard InChI is InChI=1S/C13H15N5O2S/c1-17-13(14-15-16-17)21-11-7-8-18(12(11)19)9-5-3-4-6-10(9)20-2/h3-6,11H,7-8H2,1-2H3/t11-/m0/s1. The van der Waals surface area contributed by atoms with Crippen LogP contribution in [0.2, 0.25) is 0 Å². The minimum absolute atomic E-state index is 0.0625. The molecule has 0 radical (unpaired) electrons. The molecule has 1 fully saturated rings. The van der Waals surface area contributed by atoms with Gasteiger partial charge in [-0.15, -0.1) is 5.10 Å². The monoisotopic (exact) mass is 305 g/mol. The van der Waals surface area contributed by atoms with Crippen molar-refractivity contribution in [3.63, 3.8) is 0 Å². The number of rotatable bonds is 4. The van der Waals surface area contributed by atoms with Crippen LogP contribution in [-0.4, -0.2) is 45.0 Å². The lowest BCUT2D eigenvalue weighted by Gasteiger charge is -2.19. The maximum absolute atomic E-state index is 12.6. The summed E-state index contributed by atoms with van der Waals surface area (Å²) in [5.41, 5.74) is 0.809. The lowest BCUT2D eigenvalue weighted by molar-refractivity contribution is -0.116. The number of hydrogen-bond acceptors (Lipinski definition) is 6. The smallest absolute Gasteiger partial charge is 0.240 e. The van der Waals surface area contributed by atoms with Crippen molar-refractivity contribution < 1.29 is 9.53 Å². The van der Waals surface area contributed by atoms with Gasteiger partial charge >= 0.3 is 0 Å². The molecule has 1 saturated heterocycles. The van der Waals surface area contributed by atoms with Gasteiger partial charge in [0.1, 0.15) is 5.75 Å². The first-order chi connectivity index (χ1) is 10.2. The summed E-state index contributed by atoms with van der Waals surface area (Å²) in [6.07, 6.45) is 0.758. The Morgan fingerprint density at radius 1 is 1.38 bits per heavy atom. The lowest BCUT2D eigenvalue weighted by atomic mass is 10.2. The zero-order valence-electron chi connectivity index (χ0n) is 11.8. The molecule has 8 heteroatoms. The summed E-state index contributed by atoms with van der Waals surface area (Å²) in [6, 6.07) is 7.54. The number of aromatic nitrogens is 4. The van der Waals surface area contributed by atoms with Crippen molar-refractivity contribution in [2.75, 3.05) is 18.6 Å². The Morgan fingerprint density at radius 3 is 2.90 bits per heavy atom. The maximum Gasteiger partial charge on any atom is 0.240 e. The fraction of sp³-hybridized carbons (Fsp3) is 0.385. The average Bonchev–Trinajstić information content (AvgIpc) is 3.07. The van der Waals surface area contributed by atoms with Crippen LogP contribution in [0.1, 0.15) is 6.42 Å². The summed E-state index contributed by atoms with van der Waals surface area (Å²) in [7, 11) is 3.37. The normalized spacial score (nSPS) is 18.3. The Bertz CT molecular complexity index is 660. The number of hydrogen-bond donors (Lipinski definition) is 0. The number of benzene rings is 1. The molecule has 1 aromatic heterocycles. The van der Waals surface area contributed by atoms with E-state index in [0.29, 0.717) is 17.5 Å². The van der Waals surface area contributed by atoms with Gasteiger partial charge in [0.05, 0.1) is 18.0 Å². The second kappa shape index (κ2) is 5.72. The third-order valence-electron chi connectivity index (χ3n) is 3.36. The quantitative estimate of drug-likeness (QED) is 0.842. The van der Waals surface area contributed by atoms with Crippen molar-refractivity contribution in [3.05, 3.63) is 24.3 Å². The molecule has 2 heterocycles. The van der Waals surface area contributed by atoms with Gasteiger partial charge in [-0.2, -0.15) is 0 Å². The summed E-state index contributed by atoms with van der Waals surface area (Å²) >= 11 is 1.40. The molecule has 0 spiro atoms. The first kappa shape index (κ1) is 13.9. The summed E-state index contributed by atoms with van der Waals surface area (Å²) in [5, 5.41) is 11.8. The van der Waals surface area contributed by atoms with Gasteiger partial charge in [0, 0.05) is 13.6 Å². The minimum Gasteiger partial charge on any atom is -0.495 e. The summed E-state index contributed by atoms with van der Waals surface area (Å²) < 4.78 is 6.90. The van der Waals surface area contributed by atoms with E-state index in [4.69, 9.17) is 4.74 Å². The third kappa shape index (κ3) is 2.58. The largest absolute Gasteiger partial charge is 0.495 e. The van der Waals surface area contributed by atoms with Gasteiger partial charge in [0.15, 0.2) is 0 Å². The summed E-state index contributed by atoms with van der Waals surface area (Å²) in [5.74, 6) is 0.768. The Hall–Kier alpha value is -2.09. The van der Waals surface area contributed by atoms with Crippen LogP contribution in [0.5, 0.6) is 5.75 Å². The number of tetrazole rings is 1. The van der Waals surface area contributed by atoms with E-state index >= 15 is 0 Å². The number of methoxy groups -OCH3 is 1. The number of thioether (sulfide) groups is 1. The highest BCUT2D eigenvalue weighted by Gasteiger charge is 2.35. The molecule has 2 aromatic rings. The topological polar surface area (TPSA) is 73.1 Å². The number of anilines is 1. The van der Waals surface area contributed by atoms with Crippen molar-refractivity contribution in [1.82, 2.24) is 20.2 Å². The molecular formula is C13H15N5O2S. The number of carbonyl (C=O) groups is 1. The van der Waals surface area contributed by atoms with Crippen molar-refractivity contribution in [3.8, 4) is 5.75 Å². The van der Waals surface area contributed by atoms with E-state index in [1.807, 2.05) is 24.3 Å². The number of para-hydroxylation sites is 2. The predicted molar refractivity (Wildman–Crippen MR) is 78.4 cm³/mol. The zero-order valence-corrected chi connectivity index (χ0v) is 12.6. The first-order valence-electron chi connectivity index (χ1n) is 6.54. The molecule has 0 bridgehead atoms. The van der Waals surface area contributed by atoms with Crippen molar-refractivity contribution in [2.24, 2.45) is 7.05 Å².